The van der Waals surface area contributed by atoms with Gasteiger partial charge in [0.2, 0.25) is 5.91 Å². The monoisotopic (exact) mass is 272 g/mol. The average molecular weight is 272 g/mol. The van der Waals surface area contributed by atoms with Crippen molar-refractivity contribution in [3.63, 3.8) is 0 Å². The van der Waals surface area contributed by atoms with Gasteiger partial charge in [0.25, 0.3) is 0 Å². The van der Waals surface area contributed by atoms with E-state index in [1.54, 1.807) is 0 Å². The Morgan fingerprint density at radius 3 is 2.75 bits per heavy atom. The van der Waals surface area contributed by atoms with Crippen molar-refractivity contribution in [3.8, 4) is 11.4 Å². The lowest BCUT2D eigenvalue weighted by molar-refractivity contribution is -0.121. The standard InChI is InChI=1S/C15H20N4O/c16-18-14(20)9-5-2-6-11-19-12-10-17-15(19)13-7-3-1-4-8-13/h1,3-4,7-8,10,12H,2,5-6,9,11,16H2,(H,18,20). The lowest BCUT2D eigenvalue weighted by Crippen LogP contribution is -2.29. The summed E-state index contributed by atoms with van der Waals surface area (Å²) in [5.41, 5.74) is 3.27. The molecule has 0 saturated carbocycles. The normalized spacial score (nSPS) is 10.4. The molecule has 0 saturated heterocycles. The van der Waals surface area contributed by atoms with Crippen LogP contribution in [-0.4, -0.2) is 15.5 Å². The van der Waals surface area contributed by atoms with Crippen LogP contribution in [0.4, 0.5) is 0 Å². The van der Waals surface area contributed by atoms with Gasteiger partial charge in [0.05, 0.1) is 0 Å². The van der Waals surface area contributed by atoms with Crippen LogP contribution < -0.4 is 11.3 Å². The zero-order valence-corrected chi connectivity index (χ0v) is 11.5. The molecule has 3 N–H and O–H groups in total. The number of hydrogen-bond donors (Lipinski definition) is 2. The number of unbranched alkanes of at least 4 members (excludes halogenated alkanes) is 2. The number of benzene rings is 1. The molecule has 0 spiro atoms. The molecule has 2 rings (SSSR count). The van der Waals surface area contributed by atoms with Crippen LogP contribution in [0.15, 0.2) is 42.7 Å². The Hall–Kier alpha value is -2.14. The fraction of sp³-hybridized carbons (Fsp3) is 0.333. The minimum absolute atomic E-state index is 0.0994. The summed E-state index contributed by atoms with van der Waals surface area (Å²) in [6, 6.07) is 10.1. The van der Waals surface area contributed by atoms with E-state index in [4.69, 9.17) is 5.84 Å². The molecule has 1 amide bonds. The topological polar surface area (TPSA) is 72.9 Å². The summed E-state index contributed by atoms with van der Waals surface area (Å²) in [4.78, 5) is 15.4. The highest BCUT2D eigenvalue weighted by Crippen LogP contribution is 2.17. The van der Waals surface area contributed by atoms with Gasteiger partial charge in [-0.2, -0.15) is 0 Å². The summed E-state index contributed by atoms with van der Waals surface area (Å²) in [6.45, 7) is 0.911. The van der Waals surface area contributed by atoms with Gasteiger partial charge < -0.3 is 4.57 Å². The Labute approximate surface area is 118 Å². The first-order valence-corrected chi connectivity index (χ1v) is 6.87. The fourth-order valence-corrected chi connectivity index (χ4v) is 2.15. The number of carbonyl (C=O) groups is 1. The Morgan fingerprint density at radius 1 is 1.20 bits per heavy atom. The van der Waals surface area contributed by atoms with Crippen molar-refractivity contribution in [1.82, 2.24) is 15.0 Å². The summed E-state index contributed by atoms with van der Waals surface area (Å²) in [6.07, 6.45) is 7.19. The third-order valence-corrected chi connectivity index (χ3v) is 3.21. The molecule has 0 radical (unpaired) electrons. The number of rotatable bonds is 7. The van der Waals surface area contributed by atoms with Crippen molar-refractivity contribution in [2.45, 2.75) is 32.2 Å². The minimum atomic E-state index is -0.0994. The lowest BCUT2D eigenvalue weighted by atomic mass is 10.2. The molecule has 0 fully saturated rings. The number of carbonyl (C=O) groups excluding carboxylic acids is 1. The van der Waals surface area contributed by atoms with Crippen LogP contribution in [0.2, 0.25) is 0 Å². The Kier molecular flexibility index (Phi) is 5.32. The molecule has 106 valence electrons. The number of hydrazine groups is 1. The third kappa shape index (κ3) is 3.93. The van der Waals surface area contributed by atoms with Crippen LogP contribution in [0.1, 0.15) is 25.7 Å². The molecule has 0 unspecified atom stereocenters. The minimum Gasteiger partial charge on any atom is -0.331 e. The van der Waals surface area contributed by atoms with E-state index < -0.39 is 0 Å². The zero-order valence-electron chi connectivity index (χ0n) is 11.5. The predicted molar refractivity (Wildman–Crippen MR) is 78.5 cm³/mol. The highest BCUT2D eigenvalue weighted by Gasteiger charge is 2.05. The molecular weight excluding hydrogens is 252 g/mol. The van der Waals surface area contributed by atoms with Gasteiger partial charge in [-0.1, -0.05) is 36.8 Å². The predicted octanol–water partition coefficient (Wildman–Crippen LogP) is 2.10. The van der Waals surface area contributed by atoms with E-state index in [1.807, 2.05) is 30.6 Å². The number of nitrogens with two attached hydrogens (primary N) is 1. The van der Waals surface area contributed by atoms with Crippen molar-refractivity contribution in [2.75, 3.05) is 0 Å². The fourth-order valence-electron chi connectivity index (χ4n) is 2.15. The first-order chi connectivity index (χ1) is 9.81. The molecule has 0 atom stereocenters. The number of imidazole rings is 1. The van der Waals surface area contributed by atoms with E-state index in [-0.39, 0.29) is 5.91 Å². The maximum absolute atomic E-state index is 11.0. The molecule has 20 heavy (non-hydrogen) atoms. The van der Waals surface area contributed by atoms with Gasteiger partial charge in [-0.05, 0) is 12.8 Å². The van der Waals surface area contributed by atoms with Gasteiger partial charge in [0.15, 0.2) is 0 Å². The largest absolute Gasteiger partial charge is 0.331 e. The molecule has 1 aromatic heterocycles. The molecule has 0 bridgehead atoms. The first kappa shape index (κ1) is 14.3. The first-order valence-electron chi connectivity index (χ1n) is 6.87. The van der Waals surface area contributed by atoms with E-state index >= 15 is 0 Å². The van der Waals surface area contributed by atoms with Gasteiger partial charge in [0, 0.05) is 30.9 Å². The maximum atomic E-state index is 11.0. The lowest BCUT2D eigenvalue weighted by Gasteiger charge is -2.07. The molecule has 5 heteroatoms. The molecule has 1 aromatic carbocycles. The molecule has 0 aliphatic rings. The number of aromatic nitrogens is 2. The number of aryl methyl sites for hydroxylation is 1. The van der Waals surface area contributed by atoms with Crippen molar-refractivity contribution < 1.29 is 4.79 Å². The van der Waals surface area contributed by atoms with Crippen LogP contribution >= 0.6 is 0 Å². The number of amides is 1. The summed E-state index contributed by atoms with van der Waals surface area (Å²) >= 11 is 0. The second kappa shape index (κ2) is 7.45. The third-order valence-electron chi connectivity index (χ3n) is 3.21. The molecule has 1 heterocycles. The number of hydrogen-bond acceptors (Lipinski definition) is 3. The van der Waals surface area contributed by atoms with Crippen LogP contribution in [0.25, 0.3) is 11.4 Å². The number of nitrogens with one attached hydrogen (secondary N) is 1. The van der Waals surface area contributed by atoms with E-state index in [2.05, 4.69) is 27.1 Å². The highest BCUT2D eigenvalue weighted by atomic mass is 16.2. The highest BCUT2D eigenvalue weighted by molar-refractivity contribution is 5.75. The molecule has 2 aromatic rings. The van der Waals surface area contributed by atoms with Gasteiger partial charge in [-0.15, -0.1) is 0 Å². The van der Waals surface area contributed by atoms with Crippen LogP contribution in [-0.2, 0) is 11.3 Å². The summed E-state index contributed by atoms with van der Waals surface area (Å²) < 4.78 is 2.15. The van der Waals surface area contributed by atoms with E-state index in [0.29, 0.717) is 6.42 Å². The molecular formula is C15H20N4O. The maximum Gasteiger partial charge on any atom is 0.233 e. The van der Waals surface area contributed by atoms with Crippen LogP contribution in [0, 0.1) is 0 Å². The smallest absolute Gasteiger partial charge is 0.233 e. The van der Waals surface area contributed by atoms with Gasteiger partial charge in [0.1, 0.15) is 5.82 Å². The Balaban J connectivity index is 1.83. The SMILES string of the molecule is NNC(=O)CCCCCn1ccnc1-c1ccccc1. The summed E-state index contributed by atoms with van der Waals surface area (Å²) in [5.74, 6) is 5.93. The summed E-state index contributed by atoms with van der Waals surface area (Å²) in [5, 5.41) is 0. The second-order valence-electron chi connectivity index (χ2n) is 4.69. The second-order valence-corrected chi connectivity index (χ2v) is 4.69. The quantitative estimate of drug-likeness (QED) is 0.351. The van der Waals surface area contributed by atoms with Crippen molar-refractivity contribution in [3.05, 3.63) is 42.7 Å². The van der Waals surface area contributed by atoms with Crippen LogP contribution in [0.5, 0.6) is 0 Å². The Bertz CT molecular complexity index is 536. The van der Waals surface area contributed by atoms with E-state index in [0.717, 1.165) is 37.2 Å². The van der Waals surface area contributed by atoms with Gasteiger partial charge in [-0.25, -0.2) is 10.8 Å². The van der Waals surface area contributed by atoms with Crippen molar-refractivity contribution in [1.29, 1.82) is 0 Å². The Morgan fingerprint density at radius 2 is 2.00 bits per heavy atom. The zero-order chi connectivity index (χ0) is 14.2. The molecule has 5 nitrogen and oxygen atoms in total. The van der Waals surface area contributed by atoms with Crippen molar-refractivity contribution >= 4 is 5.91 Å². The summed E-state index contributed by atoms with van der Waals surface area (Å²) in [7, 11) is 0. The average Bonchev–Trinajstić information content (AvgIpc) is 2.96. The van der Waals surface area contributed by atoms with Crippen LogP contribution in [0.3, 0.4) is 0 Å². The van der Waals surface area contributed by atoms with E-state index in [9.17, 15) is 4.79 Å². The van der Waals surface area contributed by atoms with Gasteiger partial charge in [-0.3, -0.25) is 10.2 Å². The molecule has 0 aliphatic carbocycles. The van der Waals surface area contributed by atoms with Gasteiger partial charge >= 0.3 is 0 Å². The molecule has 0 aliphatic heterocycles. The van der Waals surface area contributed by atoms with Crippen molar-refractivity contribution in [2.24, 2.45) is 5.84 Å². The number of nitrogens with zero attached hydrogens (tertiary/aromatic N) is 2. The van der Waals surface area contributed by atoms with E-state index in [1.165, 1.54) is 0 Å².